The SMILES string of the molecule is COC(=O)c1ccc(/C=C(\C)CO)cc1. The molecule has 0 amide bonds. The quantitative estimate of drug-likeness (QED) is 0.768. The molecule has 1 N–H and O–H groups in total. The molecule has 0 aliphatic carbocycles. The predicted molar refractivity (Wildman–Crippen MR) is 58.5 cm³/mol. The molecule has 0 unspecified atom stereocenters. The highest BCUT2D eigenvalue weighted by atomic mass is 16.5. The summed E-state index contributed by atoms with van der Waals surface area (Å²) in [5.41, 5.74) is 2.35. The lowest BCUT2D eigenvalue weighted by molar-refractivity contribution is 0.0601. The third-order valence-corrected chi connectivity index (χ3v) is 1.99. The second kappa shape index (κ2) is 5.32. The van der Waals surface area contributed by atoms with Crippen LogP contribution in [0, 0.1) is 0 Å². The molecule has 0 radical (unpaired) electrons. The molecule has 0 aliphatic heterocycles. The van der Waals surface area contributed by atoms with E-state index in [1.165, 1.54) is 7.11 Å². The van der Waals surface area contributed by atoms with Gasteiger partial charge in [0.25, 0.3) is 0 Å². The fourth-order valence-corrected chi connectivity index (χ4v) is 1.16. The summed E-state index contributed by atoms with van der Waals surface area (Å²) in [5.74, 6) is -0.343. The molecule has 1 aromatic carbocycles. The van der Waals surface area contributed by atoms with Crippen LogP contribution < -0.4 is 0 Å². The van der Waals surface area contributed by atoms with E-state index in [-0.39, 0.29) is 12.6 Å². The summed E-state index contributed by atoms with van der Waals surface area (Å²) in [5, 5.41) is 8.83. The Balaban J connectivity index is 2.86. The van der Waals surface area contributed by atoms with Crippen LogP contribution in [0.15, 0.2) is 29.8 Å². The molecule has 0 saturated heterocycles. The van der Waals surface area contributed by atoms with E-state index < -0.39 is 0 Å². The summed E-state index contributed by atoms with van der Waals surface area (Å²) in [7, 11) is 1.35. The molecule has 0 bridgehead atoms. The standard InChI is InChI=1S/C12H14O3/c1-9(8-13)7-10-3-5-11(6-4-10)12(14)15-2/h3-7,13H,8H2,1-2H3/b9-7+. The molecule has 0 atom stereocenters. The Bertz CT molecular complexity index is 363. The van der Waals surface area contributed by atoms with E-state index >= 15 is 0 Å². The summed E-state index contributed by atoms with van der Waals surface area (Å²) >= 11 is 0. The van der Waals surface area contributed by atoms with Gasteiger partial charge in [0.2, 0.25) is 0 Å². The molecule has 0 heterocycles. The lowest BCUT2D eigenvalue weighted by atomic mass is 10.1. The highest BCUT2D eigenvalue weighted by Crippen LogP contribution is 2.09. The number of aliphatic hydroxyl groups excluding tert-OH is 1. The van der Waals surface area contributed by atoms with Crippen LogP contribution in [0.25, 0.3) is 6.08 Å². The fraction of sp³-hybridized carbons (Fsp3) is 0.250. The third-order valence-electron chi connectivity index (χ3n) is 1.99. The van der Waals surface area contributed by atoms with Gasteiger partial charge in [-0.2, -0.15) is 0 Å². The summed E-state index contributed by atoms with van der Waals surface area (Å²) in [4.78, 5) is 11.1. The first kappa shape index (κ1) is 11.5. The predicted octanol–water partition coefficient (Wildman–Crippen LogP) is 1.87. The molecule has 0 saturated carbocycles. The maximum Gasteiger partial charge on any atom is 0.337 e. The number of esters is 1. The van der Waals surface area contributed by atoms with Gasteiger partial charge in [-0.15, -0.1) is 0 Å². The van der Waals surface area contributed by atoms with Crippen molar-refractivity contribution in [1.29, 1.82) is 0 Å². The van der Waals surface area contributed by atoms with E-state index in [9.17, 15) is 4.79 Å². The highest BCUT2D eigenvalue weighted by Gasteiger charge is 2.03. The van der Waals surface area contributed by atoms with Crippen molar-refractivity contribution in [1.82, 2.24) is 0 Å². The zero-order valence-electron chi connectivity index (χ0n) is 8.86. The largest absolute Gasteiger partial charge is 0.465 e. The molecule has 15 heavy (non-hydrogen) atoms. The van der Waals surface area contributed by atoms with Gasteiger partial charge in [-0.1, -0.05) is 18.2 Å². The number of carbonyl (C=O) groups excluding carboxylic acids is 1. The van der Waals surface area contributed by atoms with Crippen LogP contribution in [0.4, 0.5) is 0 Å². The number of ether oxygens (including phenoxy) is 1. The summed E-state index contributed by atoms with van der Waals surface area (Å²) in [6.45, 7) is 1.88. The third kappa shape index (κ3) is 3.22. The number of rotatable bonds is 3. The van der Waals surface area contributed by atoms with Crippen molar-refractivity contribution in [3.8, 4) is 0 Å². The number of aliphatic hydroxyl groups is 1. The van der Waals surface area contributed by atoms with E-state index in [0.717, 1.165) is 11.1 Å². The monoisotopic (exact) mass is 206 g/mol. The van der Waals surface area contributed by atoms with Crippen LogP contribution >= 0.6 is 0 Å². The van der Waals surface area contributed by atoms with Gasteiger partial charge >= 0.3 is 5.97 Å². The second-order valence-corrected chi connectivity index (χ2v) is 3.26. The Kier molecular flexibility index (Phi) is 4.06. The zero-order chi connectivity index (χ0) is 11.3. The van der Waals surface area contributed by atoms with Gasteiger partial charge in [0.15, 0.2) is 0 Å². The van der Waals surface area contributed by atoms with Gasteiger partial charge in [0.1, 0.15) is 0 Å². The molecule has 1 rings (SSSR count). The Hall–Kier alpha value is -1.61. The molecular weight excluding hydrogens is 192 g/mol. The minimum Gasteiger partial charge on any atom is -0.465 e. The maximum atomic E-state index is 11.1. The zero-order valence-corrected chi connectivity index (χ0v) is 8.86. The summed E-state index contributed by atoms with van der Waals surface area (Å²) in [6.07, 6.45) is 1.86. The van der Waals surface area contributed by atoms with Crippen molar-refractivity contribution in [2.24, 2.45) is 0 Å². The Morgan fingerprint density at radius 1 is 1.40 bits per heavy atom. The van der Waals surface area contributed by atoms with Crippen molar-refractivity contribution in [2.75, 3.05) is 13.7 Å². The first-order valence-corrected chi connectivity index (χ1v) is 4.63. The van der Waals surface area contributed by atoms with Crippen LogP contribution in [0.2, 0.25) is 0 Å². The maximum absolute atomic E-state index is 11.1. The molecule has 1 aromatic rings. The number of carbonyl (C=O) groups is 1. The van der Waals surface area contributed by atoms with Crippen LogP contribution in [0.5, 0.6) is 0 Å². The molecule has 80 valence electrons. The Morgan fingerprint density at radius 3 is 2.47 bits per heavy atom. The first-order valence-electron chi connectivity index (χ1n) is 4.63. The van der Waals surface area contributed by atoms with Crippen molar-refractivity contribution < 1.29 is 14.6 Å². The smallest absolute Gasteiger partial charge is 0.337 e. The van der Waals surface area contributed by atoms with Crippen LogP contribution in [0.3, 0.4) is 0 Å². The average Bonchev–Trinajstić information content (AvgIpc) is 2.29. The first-order chi connectivity index (χ1) is 7.17. The van der Waals surface area contributed by atoms with E-state index in [1.807, 2.05) is 25.1 Å². The van der Waals surface area contributed by atoms with Crippen molar-refractivity contribution in [2.45, 2.75) is 6.92 Å². The van der Waals surface area contributed by atoms with Gasteiger partial charge in [-0.3, -0.25) is 0 Å². The van der Waals surface area contributed by atoms with Gasteiger partial charge in [0, 0.05) is 0 Å². The lowest BCUT2D eigenvalue weighted by Gasteiger charge is -2.00. The normalized spacial score (nSPS) is 11.3. The number of methoxy groups -OCH3 is 1. The minimum atomic E-state index is -0.343. The minimum absolute atomic E-state index is 0.0404. The number of benzene rings is 1. The molecule has 3 heteroatoms. The molecule has 0 aromatic heterocycles. The lowest BCUT2D eigenvalue weighted by Crippen LogP contribution is -2.00. The second-order valence-electron chi connectivity index (χ2n) is 3.26. The molecule has 0 spiro atoms. The van der Waals surface area contributed by atoms with Crippen LogP contribution in [0.1, 0.15) is 22.8 Å². The molecule has 0 fully saturated rings. The van der Waals surface area contributed by atoms with Crippen LogP contribution in [-0.4, -0.2) is 24.8 Å². The number of hydrogen-bond acceptors (Lipinski definition) is 3. The molecule has 0 aliphatic rings. The van der Waals surface area contributed by atoms with Gasteiger partial charge in [0.05, 0.1) is 19.3 Å². The van der Waals surface area contributed by atoms with E-state index in [2.05, 4.69) is 4.74 Å². The van der Waals surface area contributed by atoms with E-state index in [4.69, 9.17) is 5.11 Å². The van der Waals surface area contributed by atoms with Crippen LogP contribution in [-0.2, 0) is 4.74 Å². The van der Waals surface area contributed by atoms with E-state index in [1.54, 1.807) is 12.1 Å². The topological polar surface area (TPSA) is 46.5 Å². The summed E-state index contributed by atoms with van der Waals surface area (Å²) in [6, 6.07) is 7.02. The van der Waals surface area contributed by atoms with Gasteiger partial charge < -0.3 is 9.84 Å². The highest BCUT2D eigenvalue weighted by molar-refractivity contribution is 5.89. The Morgan fingerprint density at radius 2 is 2.00 bits per heavy atom. The van der Waals surface area contributed by atoms with E-state index in [0.29, 0.717) is 5.56 Å². The molecular formula is C12H14O3. The van der Waals surface area contributed by atoms with Gasteiger partial charge in [-0.25, -0.2) is 4.79 Å². The van der Waals surface area contributed by atoms with Crippen molar-refractivity contribution >= 4 is 12.0 Å². The molecule has 3 nitrogen and oxygen atoms in total. The van der Waals surface area contributed by atoms with Crippen molar-refractivity contribution in [3.63, 3.8) is 0 Å². The fourth-order valence-electron chi connectivity index (χ4n) is 1.16. The van der Waals surface area contributed by atoms with Crippen molar-refractivity contribution in [3.05, 3.63) is 41.0 Å². The number of hydrogen-bond donors (Lipinski definition) is 1. The summed E-state index contributed by atoms with van der Waals surface area (Å²) < 4.78 is 4.58. The Labute approximate surface area is 89.0 Å². The average molecular weight is 206 g/mol. The van der Waals surface area contributed by atoms with Gasteiger partial charge in [-0.05, 0) is 30.2 Å².